The molecule has 0 saturated carbocycles. The third-order valence-electron chi connectivity index (χ3n) is 3.34. The maximum atomic E-state index is 5.26. The van der Waals surface area contributed by atoms with E-state index in [0.717, 1.165) is 42.7 Å². The van der Waals surface area contributed by atoms with Gasteiger partial charge in [-0.3, -0.25) is 5.10 Å². The standard InChI is InChI=1S/C14H18N4O/c1-10-16-13(18-17-10)11-4-3-5-12(6-11)15-7-14(2)8-19-9-14/h3-6,15H,7-9H2,1-2H3,(H,16,17,18). The number of H-pyrrole nitrogens is 1. The number of nitrogens with one attached hydrogen (secondary N) is 2. The van der Waals surface area contributed by atoms with E-state index in [0.29, 0.717) is 0 Å². The number of anilines is 1. The number of aromatic amines is 1. The fourth-order valence-electron chi connectivity index (χ4n) is 2.11. The van der Waals surface area contributed by atoms with Gasteiger partial charge in [-0.25, -0.2) is 4.98 Å². The van der Waals surface area contributed by atoms with Crippen molar-refractivity contribution in [3.8, 4) is 11.4 Å². The lowest BCUT2D eigenvalue weighted by molar-refractivity contribution is -0.0924. The summed E-state index contributed by atoms with van der Waals surface area (Å²) in [7, 11) is 0. The molecule has 5 nitrogen and oxygen atoms in total. The molecule has 2 N–H and O–H groups in total. The molecular weight excluding hydrogens is 240 g/mol. The van der Waals surface area contributed by atoms with Crippen LogP contribution in [0, 0.1) is 12.3 Å². The van der Waals surface area contributed by atoms with Crippen molar-refractivity contribution in [1.82, 2.24) is 15.2 Å². The first-order chi connectivity index (χ1) is 9.15. The summed E-state index contributed by atoms with van der Waals surface area (Å²) in [6.07, 6.45) is 0. The molecule has 1 aromatic carbocycles. The fraction of sp³-hybridized carbons (Fsp3) is 0.429. The molecule has 2 aromatic rings. The average Bonchev–Trinajstić information content (AvgIpc) is 2.81. The zero-order chi connectivity index (χ0) is 13.3. The molecule has 2 heterocycles. The van der Waals surface area contributed by atoms with Gasteiger partial charge >= 0.3 is 0 Å². The Hall–Kier alpha value is -1.88. The summed E-state index contributed by atoms with van der Waals surface area (Å²) in [4.78, 5) is 4.34. The fourth-order valence-corrected chi connectivity index (χ4v) is 2.11. The highest BCUT2D eigenvalue weighted by atomic mass is 16.5. The number of hydrogen-bond acceptors (Lipinski definition) is 4. The zero-order valence-corrected chi connectivity index (χ0v) is 11.2. The Morgan fingerprint density at radius 1 is 1.42 bits per heavy atom. The molecule has 19 heavy (non-hydrogen) atoms. The molecule has 3 rings (SSSR count). The highest BCUT2D eigenvalue weighted by molar-refractivity contribution is 5.62. The van der Waals surface area contributed by atoms with Crippen molar-refractivity contribution >= 4 is 5.69 Å². The van der Waals surface area contributed by atoms with Crippen molar-refractivity contribution < 1.29 is 4.74 Å². The van der Waals surface area contributed by atoms with E-state index in [4.69, 9.17) is 4.74 Å². The first-order valence-electron chi connectivity index (χ1n) is 6.46. The summed E-state index contributed by atoms with van der Waals surface area (Å²) >= 11 is 0. The molecule has 0 radical (unpaired) electrons. The minimum Gasteiger partial charge on any atom is -0.384 e. The molecular formula is C14H18N4O. The van der Waals surface area contributed by atoms with Gasteiger partial charge in [0.1, 0.15) is 5.82 Å². The third kappa shape index (κ3) is 2.61. The second kappa shape index (κ2) is 4.66. The van der Waals surface area contributed by atoms with Crippen molar-refractivity contribution in [2.75, 3.05) is 25.1 Å². The van der Waals surface area contributed by atoms with Crippen LogP contribution in [0.25, 0.3) is 11.4 Å². The number of benzene rings is 1. The second-order valence-electron chi connectivity index (χ2n) is 5.48. The van der Waals surface area contributed by atoms with E-state index < -0.39 is 0 Å². The smallest absolute Gasteiger partial charge is 0.181 e. The molecule has 0 aliphatic carbocycles. The van der Waals surface area contributed by atoms with Crippen molar-refractivity contribution in [3.63, 3.8) is 0 Å². The lowest BCUT2D eigenvalue weighted by Gasteiger charge is -2.38. The van der Waals surface area contributed by atoms with E-state index in [1.165, 1.54) is 0 Å². The average molecular weight is 258 g/mol. The monoisotopic (exact) mass is 258 g/mol. The molecule has 5 heteroatoms. The van der Waals surface area contributed by atoms with Crippen LogP contribution in [-0.2, 0) is 4.74 Å². The SMILES string of the molecule is Cc1nc(-c2cccc(NCC3(C)COC3)c2)n[nH]1. The predicted octanol–water partition coefficient (Wildman–Crippen LogP) is 2.23. The van der Waals surface area contributed by atoms with E-state index in [9.17, 15) is 0 Å². The molecule has 1 aromatic heterocycles. The van der Waals surface area contributed by atoms with Crippen LogP contribution in [0.4, 0.5) is 5.69 Å². The van der Waals surface area contributed by atoms with Crippen LogP contribution < -0.4 is 5.32 Å². The van der Waals surface area contributed by atoms with Gasteiger partial charge in [0, 0.05) is 23.2 Å². The first kappa shape index (κ1) is 12.2. The van der Waals surface area contributed by atoms with Crippen molar-refractivity contribution in [3.05, 3.63) is 30.1 Å². The van der Waals surface area contributed by atoms with Gasteiger partial charge in [0.25, 0.3) is 0 Å². The van der Waals surface area contributed by atoms with E-state index in [-0.39, 0.29) is 5.41 Å². The zero-order valence-electron chi connectivity index (χ0n) is 11.2. The van der Waals surface area contributed by atoms with Gasteiger partial charge in [-0.2, -0.15) is 5.10 Å². The predicted molar refractivity (Wildman–Crippen MR) is 74.0 cm³/mol. The topological polar surface area (TPSA) is 62.8 Å². The third-order valence-corrected chi connectivity index (χ3v) is 3.34. The number of rotatable bonds is 4. The summed E-state index contributed by atoms with van der Waals surface area (Å²) in [5.41, 5.74) is 2.37. The van der Waals surface area contributed by atoms with Gasteiger partial charge in [-0.05, 0) is 19.1 Å². The minimum atomic E-state index is 0.261. The van der Waals surface area contributed by atoms with Gasteiger partial charge in [0.15, 0.2) is 5.82 Å². The molecule has 1 aliphatic heterocycles. The molecule has 0 spiro atoms. The largest absolute Gasteiger partial charge is 0.384 e. The normalized spacial score (nSPS) is 16.9. The summed E-state index contributed by atoms with van der Waals surface area (Å²) in [6.45, 7) is 6.71. The Labute approximate surface area is 112 Å². The molecule has 0 amide bonds. The van der Waals surface area contributed by atoms with E-state index >= 15 is 0 Å². The molecule has 1 saturated heterocycles. The van der Waals surface area contributed by atoms with Gasteiger partial charge in [-0.15, -0.1) is 0 Å². The highest BCUT2D eigenvalue weighted by Crippen LogP contribution is 2.27. The van der Waals surface area contributed by atoms with Crippen LogP contribution in [0.5, 0.6) is 0 Å². The van der Waals surface area contributed by atoms with Gasteiger partial charge < -0.3 is 10.1 Å². The van der Waals surface area contributed by atoms with Crippen molar-refractivity contribution in [2.45, 2.75) is 13.8 Å². The molecule has 0 bridgehead atoms. The number of aromatic nitrogens is 3. The Bertz CT molecular complexity index is 574. The molecule has 1 fully saturated rings. The molecule has 0 atom stereocenters. The Balaban J connectivity index is 1.72. The summed E-state index contributed by atoms with van der Waals surface area (Å²) in [5.74, 6) is 1.56. The van der Waals surface area contributed by atoms with Crippen LogP contribution in [0.15, 0.2) is 24.3 Å². The number of aryl methyl sites for hydroxylation is 1. The number of ether oxygens (including phenoxy) is 1. The summed E-state index contributed by atoms with van der Waals surface area (Å²) < 4.78 is 5.26. The highest BCUT2D eigenvalue weighted by Gasteiger charge is 2.32. The first-order valence-corrected chi connectivity index (χ1v) is 6.46. The van der Waals surface area contributed by atoms with Crippen molar-refractivity contribution in [2.24, 2.45) is 5.41 Å². The Morgan fingerprint density at radius 3 is 2.89 bits per heavy atom. The maximum absolute atomic E-state index is 5.26. The number of hydrogen-bond donors (Lipinski definition) is 2. The van der Waals surface area contributed by atoms with Crippen LogP contribution >= 0.6 is 0 Å². The second-order valence-corrected chi connectivity index (χ2v) is 5.48. The van der Waals surface area contributed by atoms with Gasteiger partial charge in [0.2, 0.25) is 0 Å². The maximum Gasteiger partial charge on any atom is 0.181 e. The lowest BCUT2D eigenvalue weighted by atomic mass is 9.88. The quantitative estimate of drug-likeness (QED) is 0.882. The number of nitrogens with zero attached hydrogens (tertiary/aromatic N) is 2. The van der Waals surface area contributed by atoms with Crippen molar-refractivity contribution in [1.29, 1.82) is 0 Å². The Morgan fingerprint density at radius 2 is 2.26 bits per heavy atom. The van der Waals surface area contributed by atoms with E-state index in [1.54, 1.807) is 0 Å². The summed E-state index contributed by atoms with van der Waals surface area (Å²) in [5, 5.41) is 10.5. The van der Waals surface area contributed by atoms with Crippen LogP contribution in [0.3, 0.4) is 0 Å². The van der Waals surface area contributed by atoms with Crippen LogP contribution in [0.2, 0.25) is 0 Å². The molecule has 100 valence electrons. The summed E-state index contributed by atoms with van der Waals surface area (Å²) in [6, 6.07) is 8.17. The Kier molecular flexibility index (Phi) is 2.98. The minimum absolute atomic E-state index is 0.261. The van der Waals surface area contributed by atoms with Crippen LogP contribution in [0.1, 0.15) is 12.7 Å². The van der Waals surface area contributed by atoms with E-state index in [1.807, 2.05) is 19.1 Å². The lowest BCUT2D eigenvalue weighted by Crippen LogP contribution is -2.45. The molecule has 1 aliphatic rings. The van der Waals surface area contributed by atoms with Crippen LogP contribution in [-0.4, -0.2) is 34.9 Å². The van der Waals surface area contributed by atoms with Gasteiger partial charge in [0.05, 0.1) is 13.2 Å². The molecule has 0 unspecified atom stereocenters. The van der Waals surface area contributed by atoms with Gasteiger partial charge in [-0.1, -0.05) is 19.1 Å². The van der Waals surface area contributed by atoms with E-state index in [2.05, 4.69) is 39.6 Å².